The maximum atomic E-state index is 14.0. The molecule has 1 aromatic heterocycles. The normalized spacial score (nSPS) is 18.2. The molecule has 36 heavy (non-hydrogen) atoms. The largest absolute Gasteiger partial charge is 0.377 e. The maximum Gasteiger partial charge on any atom is 0.308 e. The number of carbonyl (C=O) groups excluding carboxylic acids is 1. The van der Waals surface area contributed by atoms with Gasteiger partial charge in [-0.1, -0.05) is 54.0 Å². The lowest BCUT2D eigenvalue weighted by atomic mass is 9.79. The van der Waals surface area contributed by atoms with Gasteiger partial charge >= 0.3 is 10.2 Å². The molecule has 4 rings (SSSR count). The summed E-state index contributed by atoms with van der Waals surface area (Å²) in [5.74, 6) is -0.266. The number of amides is 1. The summed E-state index contributed by atoms with van der Waals surface area (Å²) in [6.45, 7) is 16.6. The Morgan fingerprint density at radius 2 is 1.47 bits per heavy atom. The van der Waals surface area contributed by atoms with Crippen molar-refractivity contribution in [2.24, 2.45) is 0 Å². The van der Waals surface area contributed by atoms with Crippen LogP contribution in [0.15, 0.2) is 24.3 Å². The third-order valence-electron chi connectivity index (χ3n) is 7.25. The molecule has 2 fully saturated rings. The quantitative estimate of drug-likeness (QED) is 0.622. The SMILES string of the molecule is Cc1c(C(=O)NC2COC2)cc(-c2cc(C(C)(C)C)cc(C(C)(C)C)c2)n1S(=O)(=O)N1CCCCC1. The molecule has 0 unspecified atom stereocenters. The van der Waals surface area contributed by atoms with Crippen molar-refractivity contribution in [3.05, 3.63) is 46.6 Å². The van der Waals surface area contributed by atoms with E-state index in [9.17, 15) is 13.2 Å². The molecule has 1 aromatic carbocycles. The van der Waals surface area contributed by atoms with Crippen LogP contribution < -0.4 is 5.32 Å². The average Bonchev–Trinajstić information content (AvgIpc) is 3.13. The van der Waals surface area contributed by atoms with Crippen molar-refractivity contribution < 1.29 is 17.9 Å². The molecular weight excluding hydrogens is 474 g/mol. The Hall–Kier alpha value is -2.16. The molecule has 198 valence electrons. The molecule has 0 spiro atoms. The van der Waals surface area contributed by atoms with E-state index in [0.717, 1.165) is 36.0 Å². The standard InChI is InChI=1S/C28H41N3O4S/c1-19-24(26(32)29-23-17-35-18-23)16-25(31(19)36(33,34)30-11-9-8-10-12-30)20-13-21(27(2,3)4)15-22(14-20)28(5,6)7/h13-16,23H,8-12,17-18H2,1-7H3,(H,29,32). The fraction of sp³-hybridized carbons (Fsp3) is 0.607. The van der Waals surface area contributed by atoms with Crippen molar-refractivity contribution in [3.63, 3.8) is 0 Å². The average molecular weight is 516 g/mol. The van der Waals surface area contributed by atoms with E-state index in [2.05, 4.69) is 65.1 Å². The van der Waals surface area contributed by atoms with Crippen molar-refractivity contribution in [3.8, 4) is 11.3 Å². The Morgan fingerprint density at radius 1 is 0.917 bits per heavy atom. The van der Waals surface area contributed by atoms with Crippen LogP contribution in [0, 0.1) is 6.92 Å². The van der Waals surface area contributed by atoms with Crippen LogP contribution in [-0.4, -0.2) is 54.9 Å². The second-order valence-corrected chi connectivity index (χ2v) is 14.0. The maximum absolute atomic E-state index is 14.0. The van der Waals surface area contributed by atoms with E-state index >= 15 is 0 Å². The minimum atomic E-state index is -3.86. The molecule has 7 nitrogen and oxygen atoms in total. The minimum Gasteiger partial charge on any atom is -0.377 e. The molecule has 0 bridgehead atoms. The molecule has 3 heterocycles. The van der Waals surface area contributed by atoms with Gasteiger partial charge in [0.25, 0.3) is 5.91 Å². The summed E-state index contributed by atoms with van der Waals surface area (Å²) in [4.78, 5) is 13.2. The van der Waals surface area contributed by atoms with Gasteiger partial charge in [-0.3, -0.25) is 4.79 Å². The Kier molecular flexibility index (Phi) is 7.18. The van der Waals surface area contributed by atoms with Gasteiger partial charge in [-0.2, -0.15) is 12.7 Å². The highest BCUT2D eigenvalue weighted by Crippen LogP contribution is 2.36. The molecular formula is C28H41N3O4S. The highest BCUT2D eigenvalue weighted by molar-refractivity contribution is 7.87. The number of benzene rings is 1. The number of aromatic nitrogens is 1. The number of ether oxygens (including phenoxy) is 1. The fourth-order valence-corrected chi connectivity index (χ4v) is 6.55. The van der Waals surface area contributed by atoms with Crippen LogP contribution in [0.2, 0.25) is 0 Å². The van der Waals surface area contributed by atoms with Crippen LogP contribution in [0.1, 0.15) is 88.0 Å². The predicted molar refractivity (Wildman–Crippen MR) is 144 cm³/mol. The van der Waals surface area contributed by atoms with Gasteiger partial charge in [0, 0.05) is 18.8 Å². The van der Waals surface area contributed by atoms with Crippen LogP contribution in [0.25, 0.3) is 11.3 Å². The number of hydrogen-bond donors (Lipinski definition) is 1. The Morgan fingerprint density at radius 3 is 1.94 bits per heavy atom. The monoisotopic (exact) mass is 515 g/mol. The smallest absolute Gasteiger partial charge is 0.308 e. The highest BCUT2D eigenvalue weighted by Gasteiger charge is 2.33. The Balaban J connectivity index is 1.93. The van der Waals surface area contributed by atoms with E-state index in [4.69, 9.17) is 4.74 Å². The van der Waals surface area contributed by atoms with Crippen molar-refractivity contribution in [1.82, 2.24) is 13.6 Å². The lowest BCUT2D eigenvalue weighted by molar-refractivity contribution is -0.00347. The van der Waals surface area contributed by atoms with Crippen LogP contribution in [0.5, 0.6) is 0 Å². The predicted octanol–water partition coefficient (Wildman–Crippen LogP) is 4.77. The van der Waals surface area contributed by atoms with E-state index < -0.39 is 10.2 Å². The molecule has 1 N–H and O–H groups in total. The summed E-state index contributed by atoms with van der Waals surface area (Å²) < 4.78 is 36.2. The third kappa shape index (κ3) is 5.27. The molecule has 2 aliphatic rings. The first-order valence-corrected chi connectivity index (χ1v) is 14.4. The number of rotatable bonds is 5. The Bertz CT molecular complexity index is 1210. The lowest BCUT2D eigenvalue weighted by Crippen LogP contribution is -2.48. The van der Waals surface area contributed by atoms with Gasteiger partial charge in [-0.25, -0.2) is 3.97 Å². The van der Waals surface area contributed by atoms with Crippen LogP contribution in [-0.2, 0) is 25.8 Å². The third-order valence-corrected chi connectivity index (χ3v) is 9.19. The molecule has 0 saturated carbocycles. The molecule has 2 saturated heterocycles. The molecule has 1 amide bonds. The van der Waals surface area contributed by atoms with Gasteiger partial charge in [-0.05, 0) is 65.5 Å². The summed E-state index contributed by atoms with van der Waals surface area (Å²) >= 11 is 0. The van der Waals surface area contributed by atoms with Gasteiger partial charge in [0.05, 0.1) is 30.5 Å². The molecule has 0 radical (unpaired) electrons. The van der Waals surface area contributed by atoms with Crippen molar-refractivity contribution in [2.45, 2.75) is 84.6 Å². The summed E-state index contributed by atoms with van der Waals surface area (Å²) in [6.07, 6.45) is 2.72. The van der Waals surface area contributed by atoms with Crippen LogP contribution in [0.3, 0.4) is 0 Å². The second kappa shape index (κ2) is 9.62. The zero-order valence-electron chi connectivity index (χ0n) is 22.8. The second-order valence-electron chi connectivity index (χ2n) is 12.3. The van der Waals surface area contributed by atoms with Crippen molar-refractivity contribution in [2.75, 3.05) is 26.3 Å². The summed E-state index contributed by atoms with van der Waals surface area (Å²) in [5.41, 5.74) is 4.17. The molecule has 0 atom stereocenters. The number of nitrogens with zero attached hydrogens (tertiary/aromatic N) is 2. The van der Waals surface area contributed by atoms with E-state index in [1.165, 1.54) is 3.97 Å². The highest BCUT2D eigenvalue weighted by atomic mass is 32.2. The first-order chi connectivity index (χ1) is 16.7. The van der Waals surface area contributed by atoms with E-state index in [0.29, 0.717) is 43.3 Å². The molecule has 8 heteroatoms. The van der Waals surface area contributed by atoms with E-state index in [-0.39, 0.29) is 22.8 Å². The first kappa shape index (κ1) is 26.9. The molecule has 2 aliphatic heterocycles. The molecule has 0 aliphatic carbocycles. The van der Waals surface area contributed by atoms with Gasteiger partial charge in [0.15, 0.2) is 0 Å². The van der Waals surface area contributed by atoms with E-state index in [1.807, 2.05) is 0 Å². The van der Waals surface area contributed by atoms with Gasteiger partial charge < -0.3 is 10.1 Å². The van der Waals surface area contributed by atoms with Gasteiger partial charge in [0.2, 0.25) is 0 Å². The van der Waals surface area contributed by atoms with Gasteiger partial charge in [-0.15, -0.1) is 0 Å². The number of carbonyl (C=O) groups is 1. The van der Waals surface area contributed by atoms with Crippen molar-refractivity contribution >= 4 is 16.1 Å². The fourth-order valence-electron chi connectivity index (χ4n) is 4.75. The number of nitrogens with one attached hydrogen (secondary N) is 1. The topological polar surface area (TPSA) is 80.6 Å². The lowest BCUT2D eigenvalue weighted by Gasteiger charge is -2.29. The van der Waals surface area contributed by atoms with Crippen LogP contribution >= 0.6 is 0 Å². The number of hydrogen-bond acceptors (Lipinski definition) is 4. The summed E-state index contributed by atoms with van der Waals surface area (Å²) in [6, 6.07) is 8.08. The van der Waals surface area contributed by atoms with E-state index in [1.54, 1.807) is 17.3 Å². The minimum absolute atomic E-state index is 0.0425. The zero-order valence-corrected chi connectivity index (χ0v) is 23.6. The summed E-state index contributed by atoms with van der Waals surface area (Å²) in [5, 5.41) is 2.98. The zero-order chi connectivity index (χ0) is 26.5. The number of piperidine rings is 1. The van der Waals surface area contributed by atoms with Crippen molar-refractivity contribution in [1.29, 1.82) is 0 Å². The first-order valence-electron chi connectivity index (χ1n) is 13.0. The van der Waals surface area contributed by atoms with Crippen LogP contribution in [0.4, 0.5) is 0 Å². The molecule has 2 aromatic rings. The van der Waals surface area contributed by atoms with Gasteiger partial charge in [0.1, 0.15) is 0 Å². The Labute approximate surface area is 216 Å². The summed E-state index contributed by atoms with van der Waals surface area (Å²) in [7, 11) is -3.86.